The quantitative estimate of drug-likeness (QED) is 0.551. The molecule has 7 heteroatoms. The van der Waals surface area contributed by atoms with E-state index in [-0.39, 0.29) is 0 Å². The molecule has 0 aliphatic heterocycles. The molecule has 0 spiro atoms. The number of nitrogens with one attached hydrogen (secondary N) is 1. The van der Waals surface area contributed by atoms with Crippen molar-refractivity contribution in [2.45, 2.75) is 6.61 Å². The van der Waals surface area contributed by atoms with Gasteiger partial charge in [-0.15, -0.1) is 11.3 Å². The van der Waals surface area contributed by atoms with Gasteiger partial charge in [-0.3, -0.25) is 4.98 Å². The van der Waals surface area contributed by atoms with E-state index in [0.29, 0.717) is 12.6 Å². The second-order valence-corrected chi connectivity index (χ2v) is 6.26. The third-order valence-corrected chi connectivity index (χ3v) is 4.31. The molecule has 0 atom stereocenters. The van der Waals surface area contributed by atoms with Crippen LogP contribution in [0.15, 0.2) is 72.5 Å². The maximum Gasteiger partial charge on any atom is 0.227 e. The first-order chi connectivity index (χ1) is 12.9. The van der Waals surface area contributed by atoms with Crippen LogP contribution in [-0.2, 0) is 6.61 Å². The summed E-state index contributed by atoms with van der Waals surface area (Å²) in [7, 11) is 0. The van der Waals surface area contributed by atoms with Crippen LogP contribution in [-0.4, -0.2) is 19.9 Å². The Balaban J connectivity index is 1.46. The molecule has 3 heterocycles. The molecule has 4 rings (SSSR count). The van der Waals surface area contributed by atoms with Gasteiger partial charge in [-0.25, -0.2) is 15.0 Å². The summed E-state index contributed by atoms with van der Waals surface area (Å²) < 4.78 is 5.80. The van der Waals surface area contributed by atoms with Gasteiger partial charge < -0.3 is 10.1 Å². The van der Waals surface area contributed by atoms with E-state index < -0.39 is 0 Å². The normalized spacial score (nSPS) is 10.5. The van der Waals surface area contributed by atoms with Gasteiger partial charge in [0, 0.05) is 35.7 Å². The molecule has 26 heavy (non-hydrogen) atoms. The summed E-state index contributed by atoms with van der Waals surface area (Å²) in [4.78, 5) is 17.3. The molecule has 128 valence electrons. The molecule has 3 aromatic heterocycles. The standard InChI is InChI=1S/C19H15N5OS/c1-2-8-20-15(4-1)13-25-16-6-3-5-14(12-16)23-19-22-9-7-17(24-19)18-21-10-11-26-18/h1-12H,13H2,(H,22,23,24). The van der Waals surface area contributed by atoms with E-state index in [2.05, 4.69) is 25.3 Å². The van der Waals surface area contributed by atoms with Gasteiger partial charge in [-0.05, 0) is 30.3 Å². The van der Waals surface area contributed by atoms with E-state index in [4.69, 9.17) is 4.74 Å². The Kier molecular flexibility index (Phi) is 4.79. The van der Waals surface area contributed by atoms with Gasteiger partial charge in [-0.1, -0.05) is 12.1 Å². The maximum atomic E-state index is 5.80. The minimum absolute atomic E-state index is 0.417. The molecular formula is C19H15N5OS. The van der Waals surface area contributed by atoms with Crippen molar-refractivity contribution in [3.05, 3.63) is 78.2 Å². The number of anilines is 2. The van der Waals surface area contributed by atoms with Crippen molar-refractivity contribution in [3.63, 3.8) is 0 Å². The molecule has 0 saturated heterocycles. The average molecular weight is 361 g/mol. The molecule has 0 unspecified atom stereocenters. The fourth-order valence-electron chi connectivity index (χ4n) is 2.32. The Morgan fingerprint density at radius 1 is 0.923 bits per heavy atom. The van der Waals surface area contributed by atoms with Crippen molar-refractivity contribution in [1.82, 2.24) is 19.9 Å². The highest BCUT2D eigenvalue weighted by atomic mass is 32.1. The highest BCUT2D eigenvalue weighted by Gasteiger charge is 2.05. The Labute approximate surface area is 154 Å². The fourth-order valence-corrected chi connectivity index (χ4v) is 2.93. The van der Waals surface area contributed by atoms with E-state index >= 15 is 0 Å². The predicted octanol–water partition coefficient (Wildman–Crippen LogP) is 4.32. The maximum absolute atomic E-state index is 5.80. The van der Waals surface area contributed by atoms with E-state index in [9.17, 15) is 0 Å². The molecule has 1 aromatic carbocycles. The molecule has 0 fully saturated rings. The van der Waals surface area contributed by atoms with Crippen LogP contribution in [0.1, 0.15) is 5.69 Å². The lowest BCUT2D eigenvalue weighted by molar-refractivity contribution is 0.301. The summed E-state index contributed by atoms with van der Waals surface area (Å²) in [5.41, 5.74) is 2.52. The van der Waals surface area contributed by atoms with Crippen LogP contribution in [0.2, 0.25) is 0 Å². The average Bonchev–Trinajstić information content (AvgIpc) is 3.23. The summed E-state index contributed by atoms with van der Waals surface area (Å²) in [5, 5.41) is 5.99. The Morgan fingerprint density at radius 2 is 1.92 bits per heavy atom. The topological polar surface area (TPSA) is 72.8 Å². The minimum atomic E-state index is 0.417. The van der Waals surface area contributed by atoms with E-state index in [1.165, 1.54) is 0 Å². The van der Waals surface area contributed by atoms with Crippen LogP contribution in [0.25, 0.3) is 10.7 Å². The van der Waals surface area contributed by atoms with Crippen molar-refractivity contribution < 1.29 is 4.74 Å². The smallest absolute Gasteiger partial charge is 0.227 e. The molecule has 0 aliphatic carbocycles. The number of ether oxygens (including phenoxy) is 1. The number of benzene rings is 1. The first-order valence-corrected chi connectivity index (χ1v) is 8.87. The zero-order chi connectivity index (χ0) is 17.6. The number of pyridine rings is 1. The minimum Gasteiger partial charge on any atom is -0.487 e. The van der Waals surface area contributed by atoms with Gasteiger partial charge in [0.15, 0.2) is 0 Å². The Bertz CT molecular complexity index is 976. The molecule has 0 radical (unpaired) electrons. The number of aromatic nitrogens is 4. The SMILES string of the molecule is c1ccc(COc2cccc(Nc3nccc(-c4nccs4)n3)c2)nc1. The highest BCUT2D eigenvalue weighted by molar-refractivity contribution is 7.13. The number of hydrogen-bond donors (Lipinski definition) is 1. The Morgan fingerprint density at radius 3 is 2.77 bits per heavy atom. The van der Waals surface area contributed by atoms with Crippen molar-refractivity contribution in [3.8, 4) is 16.5 Å². The predicted molar refractivity (Wildman–Crippen MR) is 101 cm³/mol. The van der Waals surface area contributed by atoms with Crippen molar-refractivity contribution in [2.75, 3.05) is 5.32 Å². The van der Waals surface area contributed by atoms with Gasteiger partial charge in [0.1, 0.15) is 23.1 Å². The summed E-state index contributed by atoms with van der Waals surface area (Å²) in [5.74, 6) is 1.26. The van der Waals surface area contributed by atoms with E-state index in [0.717, 1.165) is 27.8 Å². The molecule has 4 aromatic rings. The second kappa shape index (κ2) is 7.71. The van der Waals surface area contributed by atoms with Gasteiger partial charge in [-0.2, -0.15) is 0 Å². The molecule has 0 amide bonds. The van der Waals surface area contributed by atoms with Gasteiger partial charge in [0.2, 0.25) is 5.95 Å². The monoisotopic (exact) mass is 361 g/mol. The lowest BCUT2D eigenvalue weighted by Crippen LogP contribution is -2.00. The number of nitrogens with zero attached hydrogens (tertiary/aromatic N) is 4. The molecule has 1 N–H and O–H groups in total. The third-order valence-electron chi connectivity index (χ3n) is 3.51. The van der Waals surface area contributed by atoms with Crippen LogP contribution >= 0.6 is 11.3 Å². The summed E-state index contributed by atoms with van der Waals surface area (Å²) in [6.07, 6.45) is 5.23. The van der Waals surface area contributed by atoms with Crippen LogP contribution in [0.3, 0.4) is 0 Å². The molecule has 0 saturated carbocycles. The van der Waals surface area contributed by atoms with Crippen LogP contribution in [0, 0.1) is 0 Å². The number of hydrogen-bond acceptors (Lipinski definition) is 7. The zero-order valence-corrected chi connectivity index (χ0v) is 14.6. The van der Waals surface area contributed by atoms with Crippen molar-refractivity contribution in [1.29, 1.82) is 0 Å². The summed E-state index contributed by atoms with van der Waals surface area (Å²) in [6, 6.07) is 15.3. The Hall–Kier alpha value is -3.32. The number of rotatable bonds is 6. The van der Waals surface area contributed by atoms with E-state index in [1.807, 2.05) is 53.9 Å². The van der Waals surface area contributed by atoms with Gasteiger partial charge in [0.05, 0.1) is 5.69 Å². The zero-order valence-electron chi connectivity index (χ0n) is 13.7. The molecular weight excluding hydrogens is 346 g/mol. The van der Waals surface area contributed by atoms with Crippen molar-refractivity contribution in [2.24, 2.45) is 0 Å². The molecule has 6 nitrogen and oxygen atoms in total. The molecule has 0 aliphatic rings. The summed E-state index contributed by atoms with van der Waals surface area (Å²) >= 11 is 1.54. The van der Waals surface area contributed by atoms with Crippen LogP contribution in [0.4, 0.5) is 11.6 Å². The van der Waals surface area contributed by atoms with Crippen LogP contribution < -0.4 is 10.1 Å². The fraction of sp³-hybridized carbons (Fsp3) is 0.0526. The first-order valence-electron chi connectivity index (χ1n) is 7.99. The van der Waals surface area contributed by atoms with E-state index in [1.54, 1.807) is 29.9 Å². The lowest BCUT2D eigenvalue weighted by Gasteiger charge is -2.09. The van der Waals surface area contributed by atoms with Gasteiger partial charge in [0.25, 0.3) is 0 Å². The van der Waals surface area contributed by atoms with Gasteiger partial charge >= 0.3 is 0 Å². The second-order valence-electron chi connectivity index (χ2n) is 5.37. The largest absolute Gasteiger partial charge is 0.487 e. The first kappa shape index (κ1) is 16.2. The lowest BCUT2D eigenvalue weighted by atomic mass is 10.3. The number of thiazole rings is 1. The third kappa shape index (κ3) is 4.01. The van der Waals surface area contributed by atoms with Crippen LogP contribution in [0.5, 0.6) is 5.75 Å². The summed E-state index contributed by atoms with van der Waals surface area (Å²) in [6.45, 7) is 0.417. The van der Waals surface area contributed by atoms with Crippen molar-refractivity contribution >= 4 is 23.0 Å². The highest BCUT2D eigenvalue weighted by Crippen LogP contribution is 2.23. The molecule has 0 bridgehead atoms.